The smallest absolute Gasteiger partial charge is 0.381 e. The second-order valence-corrected chi connectivity index (χ2v) is 7.10. The molecule has 1 N–H and O–H groups in total. The van der Waals surface area contributed by atoms with Gasteiger partial charge in [0.2, 0.25) is 0 Å². The summed E-state index contributed by atoms with van der Waals surface area (Å²) in [5.74, 6) is 0.382. The van der Waals surface area contributed by atoms with E-state index >= 15 is 0 Å². The van der Waals surface area contributed by atoms with Gasteiger partial charge in [-0.3, -0.25) is 4.40 Å². The fourth-order valence-corrected chi connectivity index (χ4v) is 3.69. The molecule has 0 spiro atoms. The highest BCUT2D eigenvalue weighted by molar-refractivity contribution is 5.62. The van der Waals surface area contributed by atoms with Gasteiger partial charge in [-0.1, -0.05) is 12.1 Å². The number of methoxy groups -OCH3 is 1. The van der Waals surface area contributed by atoms with Crippen molar-refractivity contribution < 1.29 is 17.9 Å². The van der Waals surface area contributed by atoms with Crippen molar-refractivity contribution in [2.75, 3.05) is 12.4 Å². The van der Waals surface area contributed by atoms with Crippen LogP contribution in [0.3, 0.4) is 0 Å². The standard InChI is InChI=1S/C20H21F3N4O/c1-28-17-8-5-15(6-9-17)24-16-7-10-18-25-26-19(27(18)12-16)13-3-2-4-14(11-13)20(21,22)23/h2-4,7,10-12,15,17,24H,5-6,8-9H2,1H3/t15-,17-. The van der Waals surface area contributed by atoms with Crippen molar-refractivity contribution in [1.82, 2.24) is 14.6 Å². The first-order valence-corrected chi connectivity index (χ1v) is 9.26. The highest BCUT2D eigenvalue weighted by atomic mass is 19.4. The van der Waals surface area contributed by atoms with Gasteiger partial charge in [0.1, 0.15) is 0 Å². The van der Waals surface area contributed by atoms with Crippen LogP contribution in [-0.2, 0) is 10.9 Å². The monoisotopic (exact) mass is 390 g/mol. The lowest BCUT2D eigenvalue weighted by atomic mass is 9.93. The zero-order chi connectivity index (χ0) is 19.7. The van der Waals surface area contributed by atoms with Gasteiger partial charge in [-0.25, -0.2) is 0 Å². The van der Waals surface area contributed by atoms with Crippen LogP contribution in [0.25, 0.3) is 17.0 Å². The van der Waals surface area contributed by atoms with E-state index in [0.717, 1.165) is 43.5 Å². The number of nitrogens with zero attached hydrogens (tertiary/aromatic N) is 3. The molecule has 1 aromatic carbocycles. The Morgan fingerprint density at radius 3 is 2.57 bits per heavy atom. The Balaban J connectivity index is 1.60. The Hall–Kier alpha value is -2.61. The Bertz CT molecular complexity index is 961. The molecular weight excluding hydrogens is 369 g/mol. The molecule has 148 valence electrons. The Morgan fingerprint density at radius 2 is 1.86 bits per heavy atom. The van der Waals surface area contributed by atoms with Gasteiger partial charge >= 0.3 is 6.18 Å². The van der Waals surface area contributed by atoms with Crippen molar-refractivity contribution in [1.29, 1.82) is 0 Å². The van der Waals surface area contributed by atoms with Crippen LogP contribution in [0.1, 0.15) is 31.2 Å². The Morgan fingerprint density at radius 1 is 1.07 bits per heavy atom. The molecule has 2 heterocycles. The number of hydrogen-bond donors (Lipinski definition) is 1. The maximum absolute atomic E-state index is 13.0. The summed E-state index contributed by atoms with van der Waals surface area (Å²) in [4.78, 5) is 0. The van der Waals surface area contributed by atoms with Crippen LogP contribution in [-0.4, -0.2) is 33.9 Å². The second-order valence-electron chi connectivity index (χ2n) is 7.10. The van der Waals surface area contributed by atoms with E-state index in [1.807, 2.05) is 18.3 Å². The summed E-state index contributed by atoms with van der Waals surface area (Å²) in [5, 5.41) is 11.7. The van der Waals surface area contributed by atoms with Crippen LogP contribution in [0.5, 0.6) is 0 Å². The van der Waals surface area contributed by atoms with Crippen LogP contribution in [0.4, 0.5) is 18.9 Å². The quantitative estimate of drug-likeness (QED) is 0.696. The minimum Gasteiger partial charge on any atom is -0.381 e. The van der Waals surface area contributed by atoms with Gasteiger partial charge in [-0.2, -0.15) is 13.2 Å². The predicted octanol–water partition coefficient (Wildman–Crippen LogP) is 4.78. The fraction of sp³-hybridized carbons (Fsp3) is 0.400. The maximum atomic E-state index is 13.0. The molecule has 4 rings (SSSR count). The summed E-state index contributed by atoms with van der Waals surface area (Å²) in [6, 6.07) is 9.22. The van der Waals surface area contributed by atoms with Crippen molar-refractivity contribution in [3.63, 3.8) is 0 Å². The molecule has 1 fully saturated rings. The molecule has 28 heavy (non-hydrogen) atoms. The first-order chi connectivity index (χ1) is 13.4. The first-order valence-electron chi connectivity index (χ1n) is 9.26. The van der Waals surface area contributed by atoms with Crippen molar-refractivity contribution >= 4 is 11.3 Å². The molecule has 0 amide bonds. The summed E-state index contributed by atoms with van der Waals surface area (Å²) < 4.78 is 46.2. The molecular formula is C20H21F3N4O. The van der Waals surface area contributed by atoms with E-state index in [9.17, 15) is 13.2 Å². The average Bonchev–Trinajstić information content (AvgIpc) is 3.11. The number of anilines is 1. The van der Waals surface area contributed by atoms with Gasteiger partial charge in [0.15, 0.2) is 11.5 Å². The number of pyridine rings is 1. The molecule has 5 nitrogen and oxygen atoms in total. The van der Waals surface area contributed by atoms with Crippen molar-refractivity contribution in [3.05, 3.63) is 48.2 Å². The summed E-state index contributed by atoms with van der Waals surface area (Å²) in [6.07, 6.45) is 1.82. The zero-order valence-corrected chi connectivity index (χ0v) is 15.4. The minimum absolute atomic E-state index is 0.325. The van der Waals surface area contributed by atoms with E-state index in [1.54, 1.807) is 17.6 Å². The highest BCUT2D eigenvalue weighted by Gasteiger charge is 2.30. The minimum atomic E-state index is -4.40. The topological polar surface area (TPSA) is 51.5 Å². The molecule has 0 unspecified atom stereocenters. The van der Waals surface area contributed by atoms with E-state index < -0.39 is 11.7 Å². The summed E-state index contributed by atoms with van der Waals surface area (Å²) in [5.41, 5.74) is 1.15. The Labute approximate surface area is 160 Å². The van der Waals surface area contributed by atoms with E-state index in [0.29, 0.717) is 29.2 Å². The zero-order valence-electron chi connectivity index (χ0n) is 15.4. The van der Waals surface area contributed by atoms with Gasteiger partial charge in [0, 0.05) is 24.9 Å². The third-order valence-corrected chi connectivity index (χ3v) is 5.23. The predicted molar refractivity (Wildman–Crippen MR) is 100 cm³/mol. The SMILES string of the molecule is CO[C@H]1CC[C@H](Nc2ccc3nnc(-c4cccc(C(F)(F)F)c4)n3c2)CC1. The van der Waals surface area contributed by atoms with Crippen molar-refractivity contribution in [2.24, 2.45) is 0 Å². The number of rotatable bonds is 4. The van der Waals surface area contributed by atoms with E-state index in [4.69, 9.17) is 4.74 Å². The van der Waals surface area contributed by atoms with Crippen molar-refractivity contribution in [3.8, 4) is 11.4 Å². The molecule has 1 aliphatic carbocycles. The lowest BCUT2D eigenvalue weighted by Gasteiger charge is -2.28. The summed E-state index contributed by atoms with van der Waals surface area (Å²) >= 11 is 0. The molecule has 0 saturated heterocycles. The van der Waals surface area contributed by atoms with E-state index in [2.05, 4.69) is 15.5 Å². The number of fused-ring (bicyclic) bond motifs is 1. The van der Waals surface area contributed by atoms with Gasteiger partial charge in [0.05, 0.1) is 17.4 Å². The Kier molecular flexibility index (Phi) is 4.97. The van der Waals surface area contributed by atoms with Crippen LogP contribution >= 0.6 is 0 Å². The number of hydrogen-bond acceptors (Lipinski definition) is 4. The number of alkyl halides is 3. The number of halogens is 3. The van der Waals surface area contributed by atoms with Crippen LogP contribution in [0.2, 0.25) is 0 Å². The summed E-state index contributed by atoms with van der Waals surface area (Å²) in [7, 11) is 1.74. The molecule has 0 bridgehead atoms. The molecule has 1 saturated carbocycles. The first kappa shape index (κ1) is 18.7. The fourth-order valence-electron chi connectivity index (χ4n) is 3.69. The normalized spacial score (nSPS) is 20.4. The van der Waals surface area contributed by atoms with Crippen LogP contribution < -0.4 is 5.32 Å². The van der Waals surface area contributed by atoms with Gasteiger partial charge in [-0.05, 0) is 49.9 Å². The van der Waals surface area contributed by atoms with Crippen LogP contribution in [0.15, 0.2) is 42.6 Å². The van der Waals surface area contributed by atoms with E-state index in [1.165, 1.54) is 6.07 Å². The number of benzene rings is 1. The maximum Gasteiger partial charge on any atom is 0.416 e. The number of aromatic nitrogens is 3. The second kappa shape index (κ2) is 7.43. The number of ether oxygens (including phenoxy) is 1. The van der Waals surface area contributed by atoms with Gasteiger partial charge in [-0.15, -0.1) is 10.2 Å². The summed E-state index contributed by atoms with van der Waals surface area (Å²) in [6.45, 7) is 0. The van der Waals surface area contributed by atoms with Gasteiger partial charge in [0.25, 0.3) is 0 Å². The lowest BCUT2D eigenvalue weighted by molar-refractivity contribution is -0.137. The molecule has 0 radical (unpaired) electrons. The third-order valence-electron chi connectivity index (χ3n) is 5.23. The molecule has 3 aromatic rings. The molecule has 1 aliphatic rings. The highest BCUT2D eigenvalue weighted by Crippen LogP contribution is 2.32. The average molecular weight is 390 g/mol. The lowest BCUT2D eigenvalue weighted by Crippen LogP contribution is -2.29. The molecule has 0 aliphatic heterocycles. The molecule has 0 atom stereocenters. The molecule has 2 aromatic heterocycles. The largest absolute Gasteiger partial charge is 0.416 e. The van der Waals surface area contributed by atoms with E-state index in [-0.39, 0.29) is 0 Å². The third kappa shape index (κ3) is 3.82. The van der Waals surface area contributed by atoms with Gasteiger partial charge < -0.3 is 10.1 Å². The van der Waals surface area contributed by atoms with Crippen molar-refractivity contribution in [2.45, 2.75) is 44.0 Å². The number of nitrogens with one attached hydrogen (secondary N) is 1. The van der Waals surface area contributed by atoms with Crippen LogP contribution in [0, 0.1) is 0 Å². The molecule has 8 heteroatoms.